The van der Waals surface area contributed by atoms with E-state index in [9.17, 15) is 15.8 Å². The number of nitriles is 3. The Hall–Kier alpha value is -3.69. The largest absolute Gasteiger partial charge is 0.378 e. The summed E-state index contributed by atoms with van der Waals surface area (Å²) in [7, 11) is 0. The zero-order valence-corrected chi connectivity index (χ0v) is 20.9. The van der Waals surface area contributed by atoms with E-state index >= 15 is 0 Å². The van der Waals surface area contributed by atoms with Gasteiger partial charge < -0.3 is 14.7 Å². The first-order valence-corrected chi connectivity index (χ1v) is 11.7. The average molecular weight is 445 g/mol. The topological polar surface area (TPSA) is 81.1 Å². The third kappa shape index (κ3) is 6.90. The van der Waals surface area contributed by atoms with Crippen LogP contribution in [0.15, 0.2) is 18.6 Å². The van der Waals surface area contributed by atoms with Crippen LogP contribution in [0.1, 0.15) is 74.9 Å². The van der Waals surface area contributed by atoms with Gasteiger partial charge in [0.05, 0.1) is 16.7 Å². The highest BCUT2D eigenvalue weighted by atomic mass is 15.1. The summed E-state index contributed by atoms with van der Waals surface area (Å²) in [5.74, 6) is 0. The third-order valence-electron chi connectivity index (χ3n) is 5.74. The Kier molecular flexibility index (Phi) is 11.9. The number of hydrogen-bond donors (Lipinski definition) is 0. The summed E-state index contributed by atoms with van der Waals surface area (Å²) in [6.07, 6.45) is 11.2. The molecular formula is C27H36N6. The van der Waals surface area contributed by atoms with Crippen LogP contribution in [0, 0.1) is 34.0 Å². The second-order valence-electron chi connectivity index (χ2n) is 7.31. The maximum Gasteiger partial charge on any atom is 0.100 e. The zero-order valence-electron chi connectivity index (χ0n) is 20.9. The molecule has 0 saturated carbocycles. The average Bonchev–Trinajstić information content (AvgIpc) is 2.85. The third-order valence-corrected chi connectivity index (χ3v) is 5.74. The molecule has 0 radical (unpaired) electrons. The van der Waals surface area contributed by atoms with E-state index in [4.69, 9.17) is 0 Å². The summed E-state index contributed by atoms with van der Waals surface area (Å²) in [6, 6.07) is 6.81. The molecule has 0 spiro atoms. The predicted octanol–water partition coefficient (Wildman–Crippen LogP) is 5.24. The van der Waals surface area contributed by atoms with Gasteiger partial charge in [-0.1, -0.05) is 0 Å². The molecular weight excluding hydrogens is 408 g/mol. The molecule has 0 aromatic heterocycles. The first kappa shape index (κ1) is 27.3. The van der Waals surface area contributed by atoms with Crippen LogP contribution in [0.4, 0.5) is 0 Å². The maximum absolute atomic E-state index is 10.1. The van der Waals surface area contributed by atoms with Crippen molar-refractivity contribution in [3.63, 3.8) is 0 Å². The van der Waals surface area contributed by atoms with Crippen molar-refractivity contribution >= 4 is 18.2 Å². The first-order valence-electron chi connectivity index (χ1n) is 11.7. The van der Waals surface area contributed by atoms with Crippen molar-refractivity contribution in [2.45, 2.75) is 41.5 Å². The van der Waals surface area contributed by atoms with E-state index < -0.39 is 0 Å². The SMILES string of the molecule is CCN(/C=C/c1c(C#N)c(/C=C/N(CC)CC)c(C#N)c(/C=C/N(CC)CC)c1C#N)CC. The van der Waals surface area contributed by atoms with Crippen LogP contribution in [-0.4, -0.2) is 54.0 Å². The summed E-state index contributed by atoms with van der Waals surface area (Å²) < 4.78 is 0. The van der Waals surface area contributed by atoms with Crippen molar-refractivity contribution in [3.05, 3.63) is 52.0 Å². The van der Waals surface area contributed by atoms with Gasteiger partial charge in [-0.15, -0.1) is 0 Å². The molecule has 0 bridgehead atoms. The van der Waals surface area contributed by atoms with Crippen LogP contribution in [-0.2, 0) is 0 Å². The predicted molar refractivity (Wildman–Crippen MR) is 136 cm³/mol. The van der Waals surface area contributed by atoms with E-state index in [1.807, 2.05) is 36.8 Å². The summed E-state index contributed by atoms with van der Waals surface area (Å²) in [6.45, 7) is 17.2. The molecule has 0 aliphatic rings. The molecule has 0 aliphatic heterocycles. The van der Waals surface area contributed by atoms with E-state index in [-0.39, 0.29) is 0 Å². The van der Waals surface area contributed by atoms with E-state index in [1.165, 1.54) is 0 Å². The minimum absolute atomic E-state index is 0.343. The fraction of sp³-hybridized carbons (Fsp3) is 0.444. The van der Waals surface area contributed by atoms with Gasteiger partial charge in [0.15, 0.2) is 0 Å². The summed E-state index contributed by atoms with van der Waals surface area (Å²) in [5, 5.41) is 30.3. The molecule has 0 N–H and O–H groups in total. The normalized spacial score (nSPS) is 11.0. The van der Waals surface area contributed by atoms with Gasteiger partial charge in [0, 0.05) is 56.0 Å². The number of benzene rings is 1. The van der Waals surface area contributed by atoms with Gasteiger partial charge in [0.25, 0.3) is 0 Å². The fourth-order valence-electron chi connectivity index (χ4n) is 3.51. The molecule has 0 aliphatic carbocycles. The lowest BCUT2D eigenvalue weighted by Crippen LogP contribution is -2.16. The van der Waals surface area contributed by atoms with Crippen LogP contribution in [0.2, 0.25) is 0 Å². The molecule has 6 nitrogen and oxygen atoms in total. The Morgan fingerprint density at radius 1 is 0.485 bits per heavy atom. The van der Waals surface area contributed by atoms with Crippen LogP contribution in [0.25, 0.3) is 18.2 Å². The Balaban J connectivity index is 4.02. The molecule has 0 amide bonds. The van der Waals surface area contributed by atoms with Crippen LogP contribution < -0.4 is 0 Å². The Labute approximate surface area is 199 Å². The molecule has 6 heteroatoms. The molecule has 1 rings (SSSR count). The van der Waals surface area contributed by atoms with Crippen molar-refractivity contribution < 1.29 is 0 Å². The van der Waals surface area contributed by atoms with Gasteiger partial charge in [-0.05, 0) is 78.4 Å². The van der Waals surface area contributed by atoms with Gasteiger partial charge in [-0.25, -0.2) is 0 Å². The molecule has 0 atom stereocenters. The van der Waals surface area contributed by atoms with Gasteiger partial charge >= 0.3 is 0 Å². The van der Waals surface area contributed by atoms with Gasteiger partial charge in [-0.2, -0.15) is 15.8 Å². The molecule has 1 aromatic carbocycles. The molecule has 1 aromatic rings. The minimum Gasteiger partial charge on any atom is -0.378 e. The molecule has 0 saturated heterocycles. The van der Waals surface area contributed by atoms with Crippen LogP contribution >= 0.6 is 0 Å². The zero-order chi connectivity index (χ0) is 24.8. The van der Waals surface area contributed by atoms with E-state index in [1.54, 1.807) is 0 Å². The standard InChI is InChI=1S/C27H36N6/c1-7-31(8-2)16-13-22-25(19-28)23(14-17-32(9-3)10-4)27(21-30)24(26(22)20-29)15-18-33(11-5)12-6/h13-18H,7-12H2,1-6H3/b16-13+,17-14+,18-15+. The summed E-state index contributed by atoms with van der Waals surface area (Å²) >= 11 is 0. The fourth-order valence-corrected chi connectivity index (χ4v) is 3.51. The smallest absolute Gasteiger partial charge is 0.100 e. The highest BCUT2D eigenvalue weighted by molar-refractivity contribution is 5.83. The van der Waals surface area contributed by atoms with Crippen molar-refractivity contribution in [2.24, 2.45) is 0 Å². The second kappa shape index (κ2) is 14.4. The highest BCUT2D eigenvalue weighted by Crippen LogP contribution is 2.31. The lowest BCUT2D eigenvalue weighted by molar-refractivity contribution is 0.421. The number of nitrogens with zero attached hydrogens (tertiary/aromatic N) is 6. The van der Waals surface area contributed by atoms with Gasteiger partial charge in [-0.3, -0.25) is 0 Å². The lowest BCUT2D eigenvalue weighted by Gasteiger charge is -2.19. The van der Waals surface area contributed by atoms with E-state index in [2.05, 4.69) is 74.4 Å². The van der Waals surface area contributed by atoms with Crippen LogP contribution in [0.5, 0.6) is 0 Å². The van der Waals surface area contributed by atoms with E-state index in [0.29, 0.717) is 33.4 Å². The first-order chi connectivity index (χ1) is 16.0. The van der Waals surface area contributed by atoms with Crippen molar-refractivity contribution in [1.29, 1.82) is 15.8 Å². The summed E-state index contributed by atoms with van der Waals surface area (Å²) in [5.41, 5.74) is 2.66. The lowest BCUT2D eigenvalue weighted by atomic mass is 9.87. The van der Waals surface area contributed by atoms with Crippen molar-refractivity contribution in [2.75, 3.05) is 39.3 Å². The maximum atomic E-state index is 10.1. The monoisotopic (exact) mass is 444 g/mol. The highest BCUT2D eigenvalue weighted by Gasteiger charge is 2.21. The Morgan fingerprint density at radius 2 is 0.697 bits per heavy atom. The number of hydrogen-bond acceptors (Lipinski definition) is 6. The Morgan fingerprint density at radius 3 is 0.848 bits per heavy atom. The second-order valence-corrected chi connectivity index (χ2v) is 7.31. The Bertz CT molecular complexity index is 836. The van der Waals surface area contributed by atoms with Gasteiger partial charge in [0.2, 0.25) is 0 Å². The summed E-state index contributed by atoms with van der Waals surface area (Å²) in [4.78, 5) is 6.28. The van der Waals surface area contributed by atoms with Crippen molar-refractivity contribution in [3.8, 4) is 18.2 Å². The van der Waals surface area contributed by atoms with Gasteiger partial charge in [0.1, 0.15) is 18.2 Å². The quantitative estimate of drug-likeness (QED) is 0.438. The van der Waals surface area contributed by atoms with E-state index in [0.717, 1.165) is 39.3 Å². The molecule has 33 heavy (non-hydrogen) atoms. The molecule has 174 valence electrons. The molecule has 0 heterocycles. The molecule has 0 fully saturated rings. The minimum atomic E-state index is 0.343. The molecule has 0 unspecified atom stereocenters. The van der Waals surface area contributed by atoms with Crippen LogP contribution in [0.3, 0.4) is 0 Å². The van der Waals surface area contributed by atoms with Crippen molar-refractivity contribution in [1.82, 2.24) is 14.7 Å². The number of rotatable bonds is 12.